The second kappa shape index (κ2) is 5.43. The number of nitrogens with two attached hydrogens (primary N) is 1. The largest absolute Gasteiger partial charge is 0.495 e. The molecule has 0 aliphatic rings. The molecule has 1 aromatic carbocycles. The fourth-order valence-electron chi connectivity index (χ4n) is 1.78. The second-order valence-electron chi connectivity index (χ2n) is 4.11. The number of nitrogens with one attached hydrogen (secondary N) is 2. The molecule has 7 heteroatoms. The summed E-state index contributed by atoms with van der Waals surface area (Å²) in [6, 6.07) is 6.40. The SMILES string of the molecule is COc1ccc(-c2cc(=O)[nH]c(N)n2)cc1NC(C)=O. The van der Waals surface area contributed by atoms with Crippen LogP contribution in [0.3, 0.4) is 0 Å². The van der Waals surface area contributed by atoms with Gasteiger partial charge in [-0.1, -0.05) is 0 Å². The van der Waals surface area contributed by atoms with Crippen LogP contribution in [-0.4, -0.2) is 23.0 Å². The third-order valence-electron chi connectivity index (χ3n) is 2.57. The minimum atomic E-state index is -0.343. The lowest BCUT2D eigenvalue weighted by molar-refractivity contribution is -0.114. The summed E-state index contributed by atoms with van der Waals surface area (Å²) in [7, 11) is 1.50. The van der Waals surface area contributed by atoms with Crippen molar-refractivity contribution >= 4 is 17.5 Å². The van der Waals surface area contributed by atoms with Gasteiger partial charge in [-0.25, -0.2) is 4.98 Å². The first-order valence-corrected chi connectivity index (χ1v) is 5.82. The second-order valence-corrected chi connectivity index (χ2v) is 4.11. The van der Waals surface area contributed by atoms with Crippen LogP contribution in [0.1, 0.15) is 6.92 Å². The van der Waals surface area contributed by atoms with Crippen molar-refractivity contribution in [3.8, 4) is 17.0 Å². The molecule has 4 N–H and O–H groups in total. The highest BCUT2D eigenvalue weighted by Crippen LogP contribution is 2.29. The molecule has 1 aromatic heterocycles. The van der Waals surface area contributed by atoms with E-state index in [2.05, 4.69) is 15.3 Å². The summed E-state index contributed by atoms with van der Waals surface area (Å²) in [5, 5.41) is 2.65. The number of amides is 1. The van der Waals surface area contributed by atoms with Gasteiger partial charge >= 0.3 is 0 Å². The molecule has 2 aromatic rings. The van der Waals surface area contributed by atoms with E-state index in [9.17, 15) is 9.59 Å². The maximum atomic E-state index is 11.4. The summed E-state index contributed by atoms with van der Waals surface area (Å²) in [5.74, 6) is 0.324. The van der Waals surface area contributed by atoms with Crippen LogP contribution in [0.2, 0.25) is 0 Å². The molecule has 0 unspecified atom stereocenters. The Morgan fingerprint density at radius 3 is 2.75 bits per heavy atom. The number of aromatic nitrogens is 2. The molecule has 0 spiro atoms. The van der Waals surface area contributed by atoms with Crippen LogP contribution in [0.4, 0.5) is 11.6 Å². The first-order chi connectivity index (χ1) is 9.49. The quantitative estimate of drug-likeness (QED) is 0.773. The van der Waals surface area contributed by atoms with E-state index in [4.69, 9.17) is 10.5 Å². The zero-order valence-corrected chi connectivity index (χ0v) is 11.1. The Morgan fingerprint density at radius 2 is 2.15 bits per heavy atom. The highest BCUT2D eigenvalue weighted by Gasteiger charge is 2.09. The number of rotatable bonds is 3. The van der Waals surface area contributed by atoms with Crippen molar-refractivity contribution in [1.29, 1.82) is 0 Å². The number of aromatic amines is 1. The molecule has 0 aliphatic carbocycles. The van der Waals surface area contributed by atoms with Crippen molar-refractivity contribution in [3.63, 3.8) is 0 Å². The van der Waals surface area contributed by atoms with E-state index < -0.39 is 0 Å². The van der Waals surface area contributed by atoms with Crippen molar-refractivity contribution in [2.24, 2.45) is 0 Å². The monoisotopic (exact) mass is 274 g/mol. The van der Waals surface area contributed by atoms with E-state index in [1.807, 2.05) is 0 Å². The van der Waals surface area contributed by atoms with Gasteiger partial charge in [0.25, 0.3) is 5.56 Å². The number of hydrogen-bond donors (Lipinski definition) is 3. The molecule has 7 nitrogen and oxygen atoms in total. The van der Waals surface area contributed by atoms with Crippen molar-refractivity contribution in [1.82, 2.24) is 9.97 Å². The van der Waals surface area contributed by atoms with Gasteiger partial charge in [0.15, 0.2) is 0 Å². The van der Waals surface area contributed by atoms with Crippen LogP contribution in [0.15, 0.2) is 29.1 Å². The highest BCUT2D eigenvalue weighted by molar-refractivity contribution is 5.91. The number of carbonyl (C=O) groups is 1. The van der Waals surface area contributed by atoms with Crippen molar-refractivity contribution in [2.75, 3.05) is 18.2 Å². The van der Waals surface area contributed by atoms with Crippen LogP contribution in [0.5, 0.6) is 5.75 Å². The molecule has 0 fully saturated rings. The predicted octanol–water partition coefficient (Wildman–Crippen LogP) is 0.986. The van der Waals surface area contributed by atoms with Gasteiger partial charge in [-0.2, -0.15) is 0 Å². The maximum Gasteiger partial charge on any atom is 0.252 e. The smallest absolute Gasteiger partial charge is 0.252 e. The zero-order valence-electron chi connectivity index (χ0n) is 11.1. The zero-order chi connectivity index (χ0) is 14.7. The lowest BCUT2D eigenvalue weighted by Gasteiger charge is -2.10. The normalized spacial score (nSPS) is 10.1. The van der Waals surface area contributed by atoms with E-state index in [1.54, 1.807) is 18.2 Å². The Hall–Kier alpha value is -2.83. The number of nitrogen functional groups attached to an aromatic ring is 1. The third-order valence-corrected chi connectivity index (χ3v) is 2.57. The Morgan fingerprint density at radius 1 is 1.40 bits per heavy atom. The molecule has 104 valence electrons. The van der Waals surface area contributed by atoms with Gasteiger partial charge in [0.1, 0.15) is 5.75 Å². The van der Waals surface area contributed by atoms with Crippen molar-refractivity contribution < 1.29 is 9.53 Å². The van der Waals surface area contributed by atoms with Gasteiger partial charge in [0.05, 0.1) is 18.5 Å². The fourth-order valence-corrected chi connectivity index (χ4v) is 1.78. The van der Waals surface area contributed by atoms with Crippen LogP contribution in [-0.2, 0) is 4.79 Å². The summed E-state index contributed by atoms with van der Waals surface area (Å²) in [4.78, 5) is 29.0. The molecule has 0 radical (unpaired) electrons. The number of nitrogens with zero attached hydrogens (tertiary/aromatic N) is 1. The third kappa shape index (κ3) is 2.94. The Kier molecular flexibility index (Phi) is 3.69. The molecule has 1 heterocycles. The van der Waals surface area contributed by atoms with Crippen LogP contribution in [0, 0.1) is 0 Å². The lowest BCUT2D eigenvalue weighted by atomic mass is 10.1. The van der Waals surface area contributed by atoms with Gasteiger partial charge in [-0.15, -0.1) is 0 Å². The Bertz CT molecular complexity index is 709. The fraction of sp³-hybridized carbons (Fsp3) is 0.154. The number of hydrogen-bond acceptors (Lipinski definition) is 5. The summed E-state index contributed by atoms with van der Waals surface area (Å²) in [6.45, 7) is 1.40. The summed E-state index contributed by atoms with van der Waals surface area (Å²) >= 11 is 0. The van der Waals surface area contributed by atoms with Gasteiger partial charge in [0, 0.05) is 18.6 Å². The molecular formula is C13H14N4O3. The van der Waals surface area contributed by atoms with E-state index in [1.165, 1.54) is 20.1 Å². The molecule has 0 aliphatic heterocycles. The van der Waals surface area contributed by atoms with Crippen molar-refractivity contribution in [2.45, 2.75) is 6.92 Å². The highest BCUT2D eigenvalue weighted by atomic mass is 16.5. The number of ether oxygens (including phenoxy) is 1. The summed E-state index contributed by atoms with van der Waals surface area (Å²) < 4.78 is 5.16. The number of benzene rings is 1. The average molecular weight is 274 g/mol. The van der Waals surface area contributed by atoms with E-state index >= 15 is 0 Å². The Labute approximate surface area is 114 Å². The lowest BCUT2D eigenvalue weighted by Crippen LogP contribution is -2.11. The van der Waals surface area contributed by atoms with Crippen LogP contribution < -0.4 is 21.3 Å². The van der Waals surface area contributed by atoms with Crippen molar-refractivity contribution in [3.05, 3.63) is 34.6 Å². The van der Waals surface area contributed by atoms with E-state index in [0.717, 1.165) is 0 Å². The molecule has 2 rings (SSSR count). The molecule has 0 bridgehead atoms. The summed E-state index contributed by atoms with van der Waals surface area (Å²) in [6.07, 6.45) is 0. The van der Waals surface area contributed by atoms with E-state index in [0.29, 0.717) is 22.7 Å². The Balaban J connectivity index is 2.52. The van der Waals surface area contributed by atoms with E-state index in [-0.39, 0.29) is 17.4 Å². The van der Waals surface area contributed by atoms with Gasteiger partial charge in [-0.3, -0.25) is 14.6 Å². The van der Waals surface area contributed by atoms with Crippen LogP contribution in [0.25, 0.3) is 11.3 Å². The first-order valence-electron chi connectivity index (χ1n) is 5.82. The topological polar surface area (TPSA) is 110 Å². The molecule has 1 amide bonds. The molecular weight excluding hydrogens is 260 g/mol. The number of carbonyl (C=O) groups excluding carboxylic acids is 1. The molecule has 0 saturated heterocycles. The van der Waals surface area contributed by atoms with Gasteiger partial charge in [-0.05, 0) is 18.2 Å². The minimum absolute atomic E-state index is 0.0318. The maximum absolute atomic E-state index is 11.4. The first kappa shape index (κ1) is 13.6. The molecule has 20 heavy (non-hydrogen) atoms. The molecule has 0 saturated carbocycles. The number of H-pyrrole nitrogens is 1. The number of methoxy groups -OCH3 is 1. The standard InChI is InChI=1S/C13H14N4O3/c1-7(18)15-10-5-8(3-4-11(10)20-2)9-6-12(19)17-13(14)16-9/h3-6H,1-2H3,(H,15,18)(H3,14,16,17,19). The minimum Gasteiger partial charge on any atom is -0.495 e. The molecule has 0 atom stereocenters. The average Bonchev–Trinajstić information content (AvgIpc) is 2.36. The van der Waals surface area contributed by atoms with Gasteiger partial charge in [0.2, 0.25) is 11.9 Å². The van der Waals surface area contributed by atoms with Crippen LogP contribution >= 0.6 is 0 Å². The predicted molar refractivity (Wildman–Crippen MR) is 75.6 cm³/mol. The summed E-state index contributed by atoms with van der Waals surface area (Å²) in [5.41, 5.74) is 6.73. The van der Waals surface area contributed by atoms with Gasteiger partial charge < -0.3 is 15.8 Å². The number of anilines is 2.